The minimum absolute atomic E-state index is 0.114. The number of ether oxygens (including phenoxy) is 2. The zero-order valence-corrected chi connectivity index (χ0v) is 12.9. The summed E-state index contributed by atoms with van der Waals surface area (Å²) in [6, 6.07) is 3.14. The molecule has 0 fully saturated rings. The van der Waals surface area contributed by atoms with Gasteiger partial charge in [0, 0.05) is 10.5 Å². The highest BCUT2D eigenvalue weighted by atomic mass is 79.9. The number of amides is 1. The molecule has 0 aliphatic heterocycles. The molecule has 5 nitrogen and oxygen atoms in total. The smallest absolute Gasteiger partial charge is 0.411 e. The monoisotopic (exact) mass is 379 g/mol. The van der Waals surface area contributed by atoms with E-state index >= 15 is 0 Å². The molecule has 1 rings (SSSR count). The summed E-state index contributed by atoms with van der Waals surface area (Å²) >= 11 is 6.37. The van der Waals surface area contributed by atoms with Crippen LogP contribution in [0.4, 0.5) is 10.5 Å². The van der Waals surface area contributed by atoms with Crippen molar-refractivity contribution in [2.24, 2.45) is 0 Å². The number of benzene rings is 1. The Morgan fingerprint density at radius 3 is 2.50 bits per heavy atom. The van der Waals surface area contributed by atoms with Gasteiger partial charge in [-0.05, 0) is 22.0 Å². The molecule has 0 spiro atoms. The number of Topliss-reactive ketones (excluding diaryl/α,β-unsaturated/α-hetero) is 1. The highest BCUT2D eigenvalue weighted by molar-refractivity contribution is 9.10. The number of nitrogens with one attached hydrogen (secondary N) is 1. The van der Waals surface area contributed by atoms with Crippen molar-refractivity contribution < 1.29 is 19.1 Å². The lowest BCUT2D eigenvalue weighted by Gasteiger charge is -2.12. The quantitative estimate of drug-likeness (QED) is 0.643. The molecule has 0 unspecified atom stereocenters. The van der Waals surface area contributed by atoms with Gasteiger partial charge in [0.2, 0.25) is 0 Å². The van der Waals surface area contributed by atoms with Crippen LogP contribution in [0.3, 0.4) is 0 Å². The largest absolute Gasteiger partial charge is 0.496 e. The molecule has 18 heavy (non-hydrogen) atoms. The van der Waals surface area contributed by atoms with Crippen LogP contribution >= 0.6 is 31.9 Å². The van der Waals surface area contributed by atoms with Crippen LogP contribution in [-0.4, -0.2) is 31.4 Å². The predicted molar refractivity (Wildman–Crippen MR) is 74.8 cm³/mol. The fourth-order valence-corrected chi connectivity index (χ4v) is 2.01. The molecule has 0 atom stereocenters. The van der Waals surface area contributed by atoms with Gasteiger partial charge in [-0.25, -0.2) is 4.79 Å². The van der Waals surface area contributed by atoms with Crippen molar-refractivity contribution in [3.63, 3.8) is 0 Å². The summed E-state index contributed by atoms with van der Waals surface area (Å²) in [7, 11) is 2.72. The first kappa shape index (κ1) is 15.0. The first-order valence-electron chi connectivity index (χ1n) is 4.85. The van der Waals surface area contributed by atoms with Crippen LogP contribution < -0.4 is 10.1 Å². The lowest BCUT2D eigenvalue weighted by molar-refractivity contribution is 0.102. The van der Waals surface area contributed by atoms with Crippen molar-refractivity contribution in [1.82, 2.24) is 0 Å². The number of anilines is 1. The molecule has 0 aliphatic rings. The van der Waals surface area contributed by atoms with Crippen molar-refractivity contribution in [2.45, 2.75) is 0 Å². The summed E-state index contributed by atoms with van der Waals surface area (Å²) in [5.74, 6) is 0.270. The summed E-state index contributed by atoms with van der Waals surface area (Å²) < 4.78 is 10.2. The number of carbonyl (C=O) groups is 2. The van der Waals surface area contributed by atoms with E-state index in [0.29, 0.717) is 21.5 Å². The number of rotatable bonds is 4. The van der Waals surface area contributed by atoms with Crippen LogP contribution in [0.15, 0.2) is 16.6 Å². The summed E-state index contributed by atoms with van der Waals surface area (Å²) in [6.45, 7) is 0. The zero-order valence-electron chi connectivity index (χ0n) is 9.75. The van der Waals surface area contributed by atoms with Crippen LogP contribution in [0.5, 0.6) is 5.75 Å². The van der Waals surface area contributed by atoms with Crippen LogP contribution in [0, 0.1) is 0 Å². The topological polar surface area (TPSA) is 64.6 Å². The Hall–Kier alpha value is -1.08. The summed E-state index contributed by atoms with van der Waals surface area (Å²) in [6.07, 6.45) is -0.600. The third kappa shape index (κ3) is 3.46. The number of carbonyl (C=O) groups excluding carboxylic acids is 2. The Bertz CT molecular complexity index is 476. The molecule has 0 saturated carbocycles. The second-order valence-electron chi connectivity index (χ2n) is 3.21. The molecular formula is C11H11Br2NO4. The predicted octanol–water partition coefficient (Wildman–Crippen LogP) is 3.21. The molecule has 0 aliphatic carbocycles. The van der Waals surface area contributed by atoms with E-state index in [2.05, 4.69) is 41.9 Å². The minimum atomic E-state index is -0.600. The van der Waals surface area contributed by atoms with E-state index in [1.165, 1.54) is 14.2 Å². The van der Waals surface area contributed by atoms with Crippen LogP contribution in [0.2, 0.25) is 0 Å². The van der Waals surface area contributed by atoms with Crippen molar-refractivity contribution >= 4 is 49.4 Å². The molecule has 0 radical (unpaired) electrons. The summed E-state index contributed by atoms with van der Waals surface area (Å²) in [5, 5.41) is 2.70. The molecule has 0 aromatic heterocycles. The van der Waals surface area contributed by atoms with E-state index in [4.69, 9.17) is 4.74 Å². The SMILES string of the molecule is COC(=O)Nc1cc(OC)c(C(=O)CBr)cc1Br. The average Bonchev–Trinajstić information content (AvgIpc) is 2.39. The molecule has 1 N–H and O–H groups in total. The standard InChI is InChI=1S/C11H11Br2NO4/c1-17-10-4-8(14-11(16)18-2)7(13)3-6(10)9(15)5-12/h3-4H,5H2,1-2H3,(H,14,16). The second-order valence-corrected chi connectivity index (χ2v) is 4.62. The third-order valence-corrected chi connectivity index (χ3v) is 3.30. The first-order valence-corrected chi connectivity index (χ1v) is 6.76. The fourth-order valence-electron chi connectivity index (χ4n) is 1.27. The van der Waals surface area contributed by atoms with Crippen LogP contribution in [0.1, 0.15) is 10.4 Å². The van der Waals surface area contributed by atoms with Gasteiger partial charge >= 0.3 is 6.09 Å². The molecule has 1 aromatic carbocycles. The Morgan fingerprint density at radius 2 is 2.00 bits per heavy atom. The maximum Gasteiger partial charge on any atom is 0.411 e. The minimum Gasteiger partial charge on any atom is -0.496 e. The lowest BCUT2D eigenvalue weighted by atomic mass is 10.1. The molecule has 0 saturated heterocycles. The molecule has 98 valence electrons. The molecule has 1 aromatic rings. The van der Waals surface area contributed by atoms with Gasteiger partial charge in [-0.15, -0.1) is 0 Å². The molecule has 0 heterocycles. The van der Waals surface area contributed by atoms with Gasteiger partial charge < -0.3 is 9.47 Å². The summed E-state index contributed by atoms with van der Waals surface area (Å²) in [5.41, 5.74) is 0.890. The molecule has 7 heteroatoms. The average molecular weight is 381 g/mol. The van der Waals surface area contributed by atoms with E-state index in [1.807, 2.05) is 0 Å². The number of methoxy groups -OCH3 is 2. The number of hydrogen-bond acceptors (Lipinski definition) is 4. The number of hydrogen-bond donors (Lipinski definition) is 1. The van der Waals surface area contributed by atoms with Crippen LogP contribution in [0.25, 0.3) is 0 Å². The van der Waals surface area contributed by atoms with Gasteiger partial charge in [-0.2, -0.15) is 0 Å². The lowest BCUT2D eigenvalue weighted by Crippen LogP contribution is -2.12. The molecular weight excluding hydrogens is 370 g/mol. The second kappa shape index (κ2) is 6.75. The van der Waals surface area contributed by atoms with Gasteiger partial charge in [-0.1, -0.05) is 15.9 Å². The Balaban J connectivity index is 3.18. The van der Waals surface area contributed by atoms with Crippen molar-refractivity contribution in [1.29, 1.82) is 0 Å². The van der Waals surface area contributed by atoms with E-state index in [9.17, 15) is 9.59 Å². The van der Waals surface area contributed by atoms with Crippen molar-refractivity contribution in [2.75, 3.05) is 24.9 Å². The van der Waals surface area contributed by atoms with Gasteiger partial charge in [-0.3, -0.25) is 10.1 Å². The highest BCUT2D eigenvalue weighted by Gasteiger charge is 2.15. The maximum atomic E-state index is 11.7. The Morgan fingerprint density at radius 1 is 1.33 bits per heavy atom. The first-order chi connectivity index (χ1) is 8.53. The Kier molecular flexibility index (Phi) is 5.61. The highest BCUT2D eigenvalue weighted by Crippen LogP contribution is 2.31. The van der Waals surface area contributed by atoms with Gasteiger partial charge in [0.15, 0.2) is 5.78 Å². The van der Waals surface area contributed by atoms with Crippen LogP contribution in [-0.2, 0) is 4.74 Å². The maximum absolute atomic E-state index is 11.7. The molecule has 0 bridgehead atoms. The number of alkyl halides is 1. The fraction of sp³-hybridized carbons (Fsp3) is 0.273. The van der Waals surface area contributed by atoms with Crippen molar-refractivity contribution in [3.05, 3.63) is 22.2 Å². The van der Waals surface area contributed by atoms with E-state index in [1.54, 1.807) is 12.1 Å². The van der Waals surface area contributed by atoms with E-state index in [-0.39, 0.29) is 11.1 Å². The summed E-state index contributed by atoms with van der Waals surface area (Å²) in [4.78, 5) is 22.8. The normalized spacial score (nSPS) is 9.78. The number of halogens is 2. The van der Waals surface area contributed by atoms with Gasteiger partial charge in [0.1, 0.15) is 5.75 Å². The Labute approximate surface area is 121 Å². The van der Waals surface area contributed by atoms with E-state index < -0.39 is 6.09 Å². The van der Waals surface area contributed by atoms with Crippen molar-refractivity contribution in [3.8, 4) is 5.75 Å². The molecule has 1 amide bonds. The van der Waals surface area contributed by atoms with E-state index in [0.717, 1.165) is 0 Å². The number of ketones is 1. The van der Waals surface area contributed by atoms with Gasteiger partial charge in [0.05, 0.1) is 30.8 Å². The zero-order chi connectivity index (χ0) is 13.7. The van der Waals surface area contributed by atoms with Gasteiger partial charge in [0.25, 0.3) is 0 Å². The third-order valence-electron chi connectivity index (χ3n) is 2.13.